The number of primary amides is 1. The molecule has 2 aromatic heterocycles. The van der Waals surface area contributed by atoms with Crippen LogP contribution in [0.15, 0.2) is 41.3 Å². The number of benzene rings is 1. The van der Waals surface area contributed by atoms with Gasteiger partial charge in [-0.1, -0.05) is 12.1 Å². The average Bonchev–Trinajstić information content (AvgIpc) is 2.87. The van der Waals surface area contributed by atoms with Gasteiger partial charge in [0.25, 0.3) is 0 Å². The van der Waals surface area contributed by atoms with Gasteiger partial charge in [-0.2, -0.15) is 0 Å². The summed E-state index contributed by atoms with van der Waals surface area (Å²) in [5.74, 6) is 0. The molecule has 0 aliphatic rings. The minimum absolute atomic E-state index is 0.181. The van der Waals surface area contributed by atoms with E-state index in [0.717, 1.165) is 27.9 Å². The Hall–Kier alpha value is -3.42. The number of amides is 3. The van der Waals surface area contributed by atoms with E-state index >= 15 is 0 Å². The van der Waals surface area contributed by atoms with Crippen LogP contribution in [0.5, 0.6) is 0 Å². The number of hydrogen-bond acceptors (Lipinski definition) is 4. The van der Waals surface area contributed by atoms with Crippen molar-refractivity contribution in [3.63, 3.8) is 0 Å². The van der Waals surface area contributed by atoms with E-state index in [1.165, 1.54) is 0 Å². The minimum Gasteiger partial charge on any atom is -0.351 e. The second-order valence-electron chi connectivity index (χ2n) is 4.65. The number of fused-ring (bicyclic) bond motifs is 1. The normalized spacial score (nSPS) is 9.78. The summed E-state index contributed by atoms with van der Waals surface area (Å²) in [6.45, 7) is 1.95. The first kappa shape index (κ1) is 16.0. The van der Waals surface area contributed by atoms with Crippen LogP contribution in [0.2, 0.25) is 0 Å². The third-order valence-electron chi connectivity index (χ3n) is 2.96. The molecular formula is C15H15N5O3. The quantitative estimate of drug-likeness (QED) is 0.526. The van der Waals surface area contributed by atoms with Crippen LogP contribution < -0.4 is 16.7 Å². The fourth-order valence-electron chi connectivity index (χ4n) is 1.91. The number of nitrogens with one attached hydrogen (secondary N) is 3. The van der Waals surface area contributed by atoms with Crippen LogP contribution in [-0.2, 0) is 4.79 Å². The molecule has 0 spiro atoms. The smallest absolute Gasteiger partial charge is 0.323 e. The molecule has 3 aromatic rings. The third kappa shape index (κ3) is 4.27. The Bertz CT molecular complexity index is 880. The van der Waals surface area contributed by atoms with E-state index in [0.29, 0.717) is 0 Å². The topological polar surface area (TPSA) is 134 Å². The molecule has 0 bridgehead atoms. The summed E-state index contributed by atoms with van der Waals surface area (Å²) < 4.78 is 0. The van der Waals surface area contributed by atoms with E-state index in [1.54, 1.807) is 5.32 Å². The summed E-state index contributed by atoms with van der Waals surface area (Å²) in [6.07, 6.45) is 2.06. The van der Waals surface area contributed by atoms with Gasteiger partial charge in [0.05, 0.1) is 11.0 Å². The van der Waals surface area contributed by atoms with Crippen LogP contribution in [0.3, 0.4) is 0 Å². The minimum atomic E-state index is -0.829. The summed E-state index contributed by atoms with van der Waals surface area (Å²) in [5, 5.41) is 1.67. The number of aromatic nitrogens is 3. The van der Waals surface area contributed by atoms with Crippen molar-refractivity contribution in [2.24, 2.45) is 5.73 Å². The first-order chi connectivity index (χ1) is 11.0. The number of H-pyrrole nitrogens is 2. The van der Waals surface area contributed by atoms with E-state index in [1.807, 2.05) is 43.5 Å². The molecular weight excluding hydrogens is 298 g/mol. The second-order valence-corrected chi connectivity index (χ2v) is 4.65. The van der Waals surface area contributed by atoms with Gasteiger partial charge in [-0.05, 0) is 30.7 Å². The predicted octanol–water partition coefficient (Wildman–Crippen LogP) is 1.04. The van der Waals surface area contributed by atoms with Gasteiger partial charge in [-0.25, -0.2) is 9.59 Å². The summed E-state index contributed by atoms with van der Waals surface area (Å²) in [6, 6.07) is 8.97. The number of carbonyl (C=O) groups excluding carboxylic acids is 2. The maximum Gasteiger partial charge on any atom is 0.323 e. The van der Waals surface area contributed by atoms with Crippen LogP contribution in [0, 0.1) is 6.92 Å². The third-order valence-corrected chi connectivity index (χ3v) is 2.96. The predicted molar refractivity (Wildman–Crippen MR) is 85.7 cm³/mol. The van der Waals surface area contributed by atoms with Gasteiger partial charge in [0.2, 0.25) is 6.41 Å². The highest BCUT2D eigenvalue weighted by atomic mass is 16.2. The van der Waals surface area contributed by atoms with Gasteiger partial charge in [-0.3, -0.25) is 15.1 Å². The highest BCUT2D eigenvalue weighted by Gasteiger charge is 2.02. The molecule has 3 amide bonds. The Morgan fingerprint density at radius 1 is 1.17 bits per heavy atom. The molecule has 1 aromatic carbocycles. The lowest BCUT2D eigenvalue weighted by molar-refractivity contribution is -0.108. The summed E-state index contributed by atoms with van der Waals surface area (Å²) in [7, 11) is 0. The van der Waals surface area contributed by atoms with Crippen LogP contribution in [0.25, 0.3) is 22.2 Å². The number of rotatable bonds is 2. The highest BCUT2D eigenvalue weighted by molar-refractivity contribution is 5.82. The van der Waals surface area contributed by atoms with Gasteiger partial charge >= 0.3 is 11.7 Å². The molecule has 23 heavy (non-hydrogen) atoms. The summed E-state index contributed by atoms with van der Waals surface area (Å²) in [4.78, 5) is 39.6. The zero-order chi connectivity index (χ0) is 16.8. The number of aryl methyl sites for hydroxylation is 1. The number of imidazole rings is 1. The Kier molecular flexibility index (Phi) is 4.88. The number of urea groups is 1. The van der Waals surface area contributed by atoms with Gasteiger partial charge in [-0.15, -0.1) is 0 Å². The molecule has 2 heterocycles. The highest BCUT2D eigenvalue weighted by Crippen LogP contribution is 2.21. The zero-order valence-corrected chi connectivity index (χ0v) is 12.3. The van der Waals surface area contributed by atoms with Crippen molar-refractivity contribution < 1.29 is 9.59 Å². The van der Waals surface area contributed by atoms with E-state index < -0.39 is 6.03 Å². The number of nitrogens with zero attached hydrogens (tertiary/aromatic N) is 1. The molecule has 5 N–H and O–H groups in total. The van der Waals surface area contributed by atoms with Crippen molar-refractivity contribution in [1.29, 1.82) is 0 Å². The zero-order valence-electron chi connectivity index (χ0n) is 12.3. The van der Waals surface area contributed by atoms with E-state index in [2.05, 4.69) is 20.7 Å². The SMILES string of the molecule is Cc1ccc(-c2ccc3[nH]c(=O)[nH]c3c2)cn1.NC(=O)NC=O. The number of imide groups is 1. The van der Waals surface area contributed by atoms with Crippen LogP contribution in [0.1, 0.15) is 5.69 Å². The largest absolute Gasteiger partial charge is 0.351 e. The van der Waals surface area contributed by atoms with Crippen molar-refractivity contribution in [2.75, 3.05) is 0 Å². The first-order valence-corrected chi connectivity index (χ1v) is 6.64. The van der Waals surface area contributed by atoms with Gasteiger partial charge in [0.1, 0.15) is 0 Å². The van der Waals surface area contributed by atoms with Crippen LogP contribution >= 0.6 is 0 Å². The Labute approximate surface area is 130 Å². The maximum absolute atomic E-state index is 11.2. The van der Waals surface area contributed by atoms with Crippen LogP contribution in [-0.4, -0.2) is 27.4 Å². The molecule has 0 saturated heterocycles. The van der Waals surface area contributed by atoms with E-state index in [9.17, 15) is 14.4 Å². The lowest BCUT2D eigenvalue weighted by Gasteiger charge is -2.01. The van der Waals surface area contributed by atoms with E-state index in [4.69, 9.17) is 0 Å². The van der Waals surface area contributed by atoms with Crippen molar-refractivity contribution in [1.82, 2.24) is 20.3 Å². The summed E-state index contributed by atoms with van der Waals surface area (Å²) >= 11 is 0. The van der Waals surface area contributed by atoms with Crippen LogP contribution in [0.4, 0.5) is 4.79 Å². The lowest BCUT2D eigenvalue weighted by Crippen LogP contribution is -2.27. The van der Waals surface area contributed by atoms with Crippen molar-refractivity contribution >= 4 is 23.5 Å². The van der Waals surface area contributed by atoms with Crippen molar-refractivity contribution in [3.8, 4) is 11.1 Å². The monoisotopic (exact) mass is 313 g/mol. The molecule has 8 heteroatoms. The molecule has 0 unspecified atom stereocenters. The summed E-state index contributed by atoms with van der Waals surface area (Å²) in [5.41, 5.74) is 8.95. The van der Waals surface area contributed by atoms with Gasteiger partial charge < -0.3 is 15.7 Å². The molecule has 118 valence electrons. The molecule has 0 radical (unpaired) electrons. The molecule has 0 aliphatic heterocycles. The molecule has 8 nitrogen and oxygen atoms in total. The van der Waals surface area contributed by atoms with Gasteiger partial charge in [0.15, 0.2) is 0 Å². The Balaban J connectivity index is 0.000000277. The molecule has 0 aliphatic carbocycles. The molecule has 3 rings (SSSR count). The molecule has 0 atom stereocenters. The van der Waals surface area contributed by atoms with Crippen molar-refractivity contribution in [2.45, 2.75) is 6.92 Å². The average molecular weight is 313 g/mol. The molecule has 0 fully saturated rings. The number of pyridine rings is 1. The Morgan fingerprint density at radius 2 is 1.87 bits per heavy atom. The molecule has 0 saturated carbocycles. The second kappa shape index (κ2) is 7.03. The van der Waals surface area contributed by atoms with Gasteiger partial charge in [0, 0.05) is 17.5 Å². The number of hydrogen-bond donors (Lipinski definition) is 4. The first-order valence-electron chi connectivity index (χ1n) is 6.64. The fourth-order valence-corrected chi connectivity index (χ4v) is 1.91. The number of nitrogens with two attached hydrogens (primary N) is 1. The standard InChI is InChI=1S/C13H11N3O.C2H4N2O2/c1-8-2-3-10(7-14-8)9-4-5-11-12(6-9)16-13(17)15-11;3-2(6)4-1-5/h2-7H,1H3,(H2,15,16,17);1H,(H3,3,4,5,6). The number of aromatic amines is 2. The lowest BCUT2D eigenvalue weighted by atomic mass is 10.1. The fraction of sp³-hybridized carbons (Fsp3) is 0.0667. The maximum atomic E-state index is 11.2. The van der Waals surface area contributed by atoms with Crippen molar-refractivity contribution in [3.05, 3.63) is 52.7 Å². The number of carbonyl (C=O) groups is 2. The van der Waals surface area contributed by atoms with E-state index in [-0.39, 0.29) is 12.1 Å². The Morgan fingerprint density at radius 3 is 2.43 bits per heavy atom.